The SMILES string of the molecule is COC(=O)c1cc(NC(=O)Nc2ccccc2)cc(Oc2ccc3c(c2)C[C@@H](N(C[C@@H](O)c2cccc(Cl)c2)C(=O)OC(C)(C)C)CC3)c1. The number of nitrogens with one attached hydrogen (secondary N) is 2. The summed E-state index contributed by atoms with van der Waals surface area (Å²) >= 11 is 6.17. The van der Waals surface area contributed by atoms with E-state index in [1.165, 1.54) is 19.2 Å². The first-order valence-electron chi connectivity index (χ1n) is 16.0. The van der Waals surface area contributed by atoms with Crippen molar-refractivity contribution in [1.82, 2.24) is 4.90 Å². The van der Waals surface area contributed by atoms with Crippen LogP contribution in [0.3, 0.4) is 0 Å². The molecule has 0 unspecified atom stereocenters. The van der Waals surface area contributed by atoms with E-state index in [1.807, 2.05) is 45.0 Å². The minimum atomic E-state index is -0.970. The molecule has 0 bridgehead atoms. The van der Waals surface area contributed by atoms with E-state index in [9.17, 15) is 19.5 Å². The van der Waals surface area contributed by atoms with Crippen molar-refractivity contribution in [2.45, 2.75) is 57.8 Å². The summed E-state index contributed by atoms with van der Waals surface area (Å²) in [6.07, 6.45) is 0.404. The van der Waals surface area contributed by atoms with Crippen LogP contribution < -0.4 is 15.4 Å². The van der Waals surface area contributed by atoms with Crippen molar-refractivity contribution >= 4 is 41.1 Å². The molecule has 0 radical (unpaired) electrons. The van der Waals surface area contributed by atoms with Gasteiger partial charge in [-0.1, -0.05) is 48.0 Å². The van der Waals surface area contributed by atoms with Crippen molar-refractivity contribution in [1.29, 1.82) is 0 Å². The maximum absolute atomic E-state index is 13.5. The Morgan fingerprint density at radius 3 is 2.37 bits per heavy atom. The van der Waals surface area contributed by atoms with Crippen LogP contribution in [0.2, 0.25) is 5.02 Å². The Hall–Kier alpha value is -5.06. The van der Waals surface area contributed by atoms with Gasteiger partial charge < -0.3 is 34.9 Å². The molecule has 2 atom stereocenters. The van der Waals surface area contributed by atoms with Gasteiger partial charge in [0.05, 0.1) is 25.3 Å². The molecule has 3 amide bonds. The number of amides is 3. The van der Waals surface area contributed by atoms with Gasteiger partial charge in [0.1, 0.15) is 17.1 Å². The molecule has 4 aromatic rings. The van der Waals surface area contributed by atoms with Crippen molar-refractivity contribution in [2.24, 2.45) is 0 Å². The number of rotatable bonds is 9. The number of anilines is 2. The number of urea groups is 1. The Kier molecular flexibility index (Phi) is 11.1. The highest BCUT2D eigenvalue weighted by molar-refractivity contribution is 6.30. The monoisotopic (exact) mass is 685 g/mol. The van der Waals surface area contributed by atoms with Crippen LogP contribution in [-0.2, 0) is 22.3 Å². The van der Waals surface area contributed by atoms with E-state index in [0.29, 0.717) is 52.7 Å². The molecule has 11 heteroatoms. The molecule has 0 heterocycles. The van der Waals surface area contributed by atoms with E-state index >= 15 is 0 Å². The largest absolute Gasteiger partial charge is 0.465 e. The number of ether oxygens (including phenoxy) is 3. The summed E-state index contributed by atoms with van der Waals surface area (Å²) in [6, 6.07) is 25.6. The highest BCUT2D eigenvalue weighted by Crippen LogP contribution is 2.33. The number of carbonyl (C=O) groups is 3. The van der Waals surface area contributed by atoms with Crippen molar-refractivity contribution in [2.75, 3.05) is 24.3 Å². The normalized spacial score (nSPS) is 14.5. The fourth-order valence-electron chi connectivity index (χ4n) is 5.66. The summed E-state index contributed by atoms with van der Waals surface area (Å²) in [7, 11) is 1.28. The molecule has 3 N–H and O–H groups in total. The number of nitrogens with zero attached hydrogens (tertiary/aromatic N) is 1. The number of halogens is 1. The van der Waals surface area contributed by atoms with E-state index in [0.717, 1.165) is 11.1 Å². The van der Waals surface area contributed by atoms with Crippen LogP contribution in [0.1, 0.15) is 60.3 Å². The van der Waals surface area contributed by atoms with Crippen LogP contribution in [0.4, 0.5) is 21.0 Å². The van der Waals surface area contributed by atoms with Crippen LogP contribution >= 0.6 is 11.6 Å². The molecule has 256 valence electrons. The molecule has 0 aromatic heterocycles. The van der Waals surface area contributed by atoms with Crippen LogP contribution in [0.15, 0.2) is 91.0 Å². The average Bonchev–Trinajstić information content (AvgIpc) is 3.05. The van der Waals surface area contributed by atoms with E-state index in [2.05, 4.69) is 10.6 Å². The Balaban J connectivity index is 1.36. The molecule has 0 spiro atoms. The van der Waals surface area contributed by atoms with Crippen LogP contribution in [0.5, 0.6) is 11.5 Å². The number of carbonyl (C=O) groups excluding carboxylic acids is 3. The number of benzene rings is 4. The molecule has 1 aliphatic rings. The van der Waals surface area contributed by atoms with Gasteiger partial charge in [-0.3, -0.25) is 0 Å². The predicted octanol–water partition coefficient (Wildman–Crippen LogP) is 8.39. The average molecular weight is 686 g/mol. The maximum Gasteiger partial charge on any atom is 0.410 e. The predicted molar refractivity (Wildman–Crippen MR) is 189 cm³/mol. The number of hydrogen-bond acceptors (Lipinski definition) is 7. The number of aliphatic hydroxyl groups is 1. The van der Waals surface area contributed by atoms with E-state index in [-0.39, 0.29) is 18.2 Å². The lowest BCUT2D eigenvalue weighted by Gasteiger charge is -2.37. The van der Waals surface area contributed by atoms with Gasteiger partial charge in [0, 0.05) is 28.5 Å². The molecule has 5 rings (SSSR count). The van der Waals surface area contributed by atoms with E-state index in [4.69, 9.17) is 25.8 Å². The summed E-state index contributed by atoms with van der Waals surface area (Å²) in [5.74, 6) is 0.224. The number of para-hydroxylation sites is 1. The van der Waals surface area contributed by atoms with Gasteiger partial charge >= 0.3 is 18.1 Å². The number of hydrogen-bond donors (Lipinski definition) is 3. The Morgan fingerprint density at radius 1 is 0.898 bits per heavy atom. The van der Waals surface area contributed by atoms with Crippen molar-refractivity contribution < 1.29 is 33.7 Å². The van der Waals surface area contributed by atoms with Gasteiger partial charge in [-0.15, -0.1) is 0 Å². The molecule has 0 saturated heterocycles. The zero-order valence-electron chi connectivity index (χ0n) is 27.9. The van der Waals surface area contributed by atoms with Crippen molar-refractivity contribution in [3.8, 4) is 11.5 Å². The Labute approximate surface area is 290 Å². The summed E-state index contributed by atoms with van der Waals surface area (Å²) < 4.78 is 16.9. The maximum atomic E-state index is 13.5. The number of fused-ring (bicyclic) bond motifs is 1. The lowest BCUT2D eigenvalue weighted by molar-refractivity contribution is 0.00194. The highest BCUT2D eigenvalue weighted by Gasteiger charge is 2.33. The van der Waals surface area contributed by atoms with Gasteiger partial charge in [0.15, 0.2) is 0 Å². The highest BCUT2D eigenvalue weighted by atomic mass is 35.5. The van der Waals surface area contributed by atoms with Gasteiger partial charge in [0.25, 0.3) is 0 Å². The molecule has 0 saturated carbocycles. The van der Waals surface area contributed by atoms with Crippen LogP contribution in [0, 0.1) is 0 Å². The van der Waals surface area contributed by atoms with Gasteiger partial charge in [-0.25, -0.2) is 14.4 Å². The van der Waals surface area contributed by atoms with E-state index in [1.54, 1.807) is 59.5 Å². The second-order valence-corrected chi connectivity index (χ2v) is 13.3. The van der Waals surface area contributed by atoms with E-state index < -0.39 is 29.8 Å². The zero-order valence-corrected chi connectivity index (χ0v) is 28.6. The first kappa shape index (κ1) is 35.3. The molecule has 0 aliphatic heterocycles. The van der Waals surface area contributed by atoms with Gasteiger partial charge in [0.2, 0.25) is 0 Å². The third kappa shape index (κ3) is 9.74. The fourth-order valence-corrected chi connectivity index (χ4v) is 5.86. The Bertz CT molecular complexity index is 1810. The fraction of sp³-hybridized carbons (Fsp3) is 0.289. The van der Waals surface area contributed by atoms with Crippen molar-refractivity contribution in [3.05, 3.63) is 118 Å². The van der Waals surface area contributed by atoms with Crippen LogP contribution in [0.25, 0.3) is 0 Å². The molecule has 1 aliphatic carbocycles. The lowest BCUT2D eigenvalue weighted by Crippen LogP contribution is -2.47. The standard InChI is InChI=1S/C38H40ClN3O7/c1-38(2,3)49-37(46)42(23-34(43)25-9-8-10-28(39)17-25)31-15-13-24-14-16-32(20-26(24)19-31)48-33-21-27(35(44)47-4)18-30(22-33)41-36(45)40-29-11-6-5-7-12-29/h5-12,14,16-18,20-22,31,34,43H,13,15,19,23H2,1-4H3,(H2,40,41,45)/t31-,34+/m0/s1. The molecular weight excluding hydrogens is 646 g/mol. The number of aliphatic hydroxyl groups excluding tert-OH is 1. The number of esters is 1. The van der Waals surface area contributed by atoms with Crippen LogP contribution in [-0.4, -0.2) is 53.4 Å². The molecule has 0 fully saturated rings. The zero-order chi connectivity index (χ0) is 35.1. The summed E-state index contributed by atoms with van der Waals surface area (Å²) in [6.45, 7) is 5.45. The molecular formula is C38H40ClN3O7. The first-order chi connectivity index (χ1) is 23.4. The minimum Gasteiger partial charge on any atom is -0.465 e. The van der Waals surface area contributed by atoms with Crippen molar-refractivity contribution in [3.63, 3.8) is 0 Å². The van der Waals surface area contributed by atoms with Gasteiger partial charge in [-0.2, -0.15) is 0 Å². The third-order valence-electron chi connectivity index (χ3n) is 7.90. The number of aryl methyl sites for hydroxylation is 1. The Morgan fingerprint density at radius 2 is 1.65 bits per heavy atom. The quantitative estimate of drug-likeness (QED) is 0.151. The second-order valence-electron chi connectivity index (χ2n) is 12.8. The summed E-state index contributed by atoms with van der Waals surface area (Å²) in [5.41, 5.74) is 3.11. The summed E-state index contributed by atoms with van der Waals surface area (Å²) in [4.78, 5) is 40.3. The topological polar surface area (TPSA) is 126 Å². The van der Waals surface area contributed by atoms with Gasteiger partial charge in [-0.05, 0) is 105 Å². The second kappa shape index (κ2) is 15.4. The molecule has 49 heavy (non-hydrogen) atoms. The molecule has 4 aromatic carbocycles. The molecule has 10 nitrogen and oxygen atoms in total. The smallest absolute Gasteiger partial charge is 0.410 e. The third-order valence-corrected chi connectivity index (χ3v) is 8.14. The minimum absolute atomic E-state index is 0.0272. The summed E-state index contributed by atoms with van der Waals surface area (Å²) in [5, 5.41) is 17.1. The first-order valence-corrected chi connectivity index (χ1v) is 16.3. The number of methoxy groups -OCH3 is 1. The lowest BCUT2D eigenvalue weighted by atomic mass is 9.87.